The molecular weight excluding hydrogens is 423 g/mol. The van der Waals surface area contributed by atoms with Crippen molar-refractivity contribution < 1.29 is 44.6 Å². The van der Waals surface area contributed by atoms with Crippen LogP contribution in [0.4, 0.5) is 57.0 Å². The van der Waals surface area contributed by atoms with Gasteiger partial charge >= 0.3 is 18.5 Å². The highest BCUT2D eigenvalue weighted by Crippen LogP contribution is 2.40. The number of rotatable bonds is 5. The largest absolute Gasteiger partial charge is 0.433 e. The van der Waals surface area contributed by atoms with Crippen LogP contribution < -0.4 is 10.6 Å². The molecular formula is C15H11F9N4O. The summed E-state index contributed by atoms with van der Waals surface area (Å²) in [6, 6.07) is 0.900. The highest BCUT2D eigenvalue weighted by molar-refractivity contribution is 5.63. The fourth-order valence-electron chi connectivity index (χ4n) is 2.11. The molecule has 0 fully saturated rings. The summed E-state index contributed by atoms with van der Waals surface area (Å²) in [6.07, 6.45) is -15.3. The minimum Gasteiger partial charge on any atom is -0.395 e. The molecule has 0 aliphatic carbocycles. The predicted molar refractivity (Wildman–Crippen MR) is 82.3 cm³/mol. The fraction of sp³-hybridized carbons (Fsp3) is 0.333. The van der Waals surface area contributed by atoms with E-state index in [0.717, 1.165) is 0 Å². The van der Waals surface area contributed by atoms with E-state index in [2.05, 4.69) is 15.3 Å². The Kier molecular flexibility index (Phi) is 6.15. The smallest absolute Gasteiger partial charge is 0.395 e. The number of nitrogens with one attached hydrogen (secondary N) is 2. The number of hydrogen-bond donors (Lipinski definition) is 3. The highest BCUT2D eigenvalue weighted by Gasteiger charge is 2.39. The zero-order valence-corrected chi connectivity index (χ0v) is 14.0. The van der Waals surface area contributed by atoms with Gasteiger partial charge in [0.1, 0.15) is 5.82 Å². The Balaban J connectivity index is 2.52. The Hall–Kier alpha value is -2.77. The molecule has 0 aliphatic heterocycles. The highest BCUT2D eigenvalue weighted by atomic mass is 19.4. The Bertz CT molecular complexity index is 862. The van der Waals surface area contributed by atoms with E-state index in [1.54, 1.807) is 0 Å². The predicted octanol–water partition coefficient (Wildman–Crippen LogP) is 4.68. The third-order valence-electron chi connectivity index (χ3n) is 3.33. The van der Waals surface area contributed by atoms with Gasteiger partial charge < -0.3 is 15.7 Å². The summed E-state index contributed by atoms with van der Waals surface area (Å²) in [6.45, 7) is -0.756. The standard InChI is InChI=1S/C15H11F9N4O/c16-13(17,18)7-1-2-9(8(5-7)14(19,20)21)26-11-6-10(15(22,23)24)27-12(28-11)25-3-4-29/h1-2,5-6,29H,3-4H2,(H2,25,26,27,28). The molecule has 3 N–H and O–H groups in total. The SMILES string of the molecule is OCCNc1nc(Nc2ccc(C(F)(F)F)cc2C(F)(F)F)cc(C(F)(F)F)n1. The first-order valence-electron chi connectivity index (χ1n) is 7.58. The molecule has 0 saturated carbocycles. The summed E-state index contributed by atoms with van der Waals surface area (Å²) in [5.41, 5.74) is -5.79. The quantitative estimate of drug-likeness (QED) is 0.597. The number of nitrogens with zero attached hydrogens (tertiary/aromatic N) is 2. The molecule has 1 aromatic heterocycles. The van der Waals surface area contributed by atoms with Gasteiger partial charge in [-0.3, -0.25) is 0 Å². The normalized spacial score (nSPS) is 12.8. The average molecular weight is 434 g/mol. The molecule has 0 bridgehead atoms. The van der Waals surface area contributed by atoms with Gasteiger partial charge in [0.25, 0.3) is 0 Å². The molecule has 1 aromatic carbocycles. The summed E-state index contributed by atoms with van der Waals surface area (Å²) >= 11 is 0. The molecule has 0 amide bonds. The van der Waals surface area contributed by atoms with Gasteiger partial charge in [0.2, 0.25) is 5.95 Å². The lowest BCUT2D eigenvalue weighted by atomic mass is 10.1. The van der Waals surface area contributed by atoms with Gasteiger partial charge in [0.05, 0.1) is 23.4 Å². The van der Waals surface area contributed by atoms with Crippen LogP contribution in [-0.2, 0) is 18.5 Å². The van der Waals surface area contributed by atoms with Crippen molar-refractivity contribution in [2.75, 3.05) is 23.8 Å². The second-order valence-corrected chi connectivity index (χ2v) is 5.49. The lowest BCUT2D eigenvalue weighted by Crippen LogP contribution is -2.16. The van der Waals surface area contributed by atoms with Crippen LogP contribution in [0.5, 0.6) is 0 Å². The van der Waals surface area contributed by atoms with Crippen molar-refractivity contribution in [3.8, 4) is 0 Å². The van der Waals surface area contributed by atoms with Crippen LogP contribution >= 0.6 is 0 Å². The summed E-state index contributed by atoms with van der Waals surface area (Å²) < 4.78 is 117. The van der Waals surface area contributed by atoms with E-state index in [4.69, 9.17) is 5.11 Å². The first kappa shape index (κ1) is 22.5. The maximum atomic E-state index is 13.2. The molecule has 160 valence electrons. The average Bonchev–Trinajstić information content (AvgIpc) is 2.57. The minimum absolute atomic E-state index is 0.168. The molecule has 1 heterocycles. The minimum atomic E-state index is -5.23. The summed E-state index contributed by atoms with van der Waals surface area (Å²) in [5, 5.41) is 12.9. The van der Waals surface area contributed by atoms with Gasteiger partial charge in [-0.15, -0.1) is 0 Å². The van der Waals surface area contributed by atoms with Crippen LogP contribution in [-0.4, -0.2) is 28.2 Å². The van der Waals surface area contributed by atoms with E-state index in [1.165, 1.54) is 0 Å². The van der Waals surface area contributed by atoms with Gasteiger partial charge in [-0.1, -0.05) is 0 Å². The maximum Gasteiger partial charge on any atom is 0.433 e. The number of aliphatic hydroxyl groups is 1. The summed E-state index contributed by atoms with van der Waals surface area (Å²) in [4.78, 5) is 6.67. The van der Waals surface area contributed by atoms with Crippen LogP contribution in [0, 0.1) is 0 Å². The first-order chi connectivity index (χ1) is 13.2. The summed E-state index contributed by atoms with van der Waals surface area (Å²) in [5.74, 6) is -1.41. The molecule has 14 heteroatoms. The molecule has 0 atom stereocenters. The van der Waals surface area contributed by atoms with E-state index in [-0.39, 0.29) is 12.6 Å². The van der Waals surface area contributed by atoms with Crippen LogP contribution in [0.2, 0.25) is 0 Å². The van der Waals surface area contributed by atoms with Crippen LogP contribution in [0.1, 0.15) is 16.8 Å². The van der Waals surface area contributed by atoms with Crippen molar-refractivity contribution in [3.63, 3.8) is 0 Å². The van der Waals surface area contributed by atoms with Gasteiger partial charge in [0, 0.05) is 12.6 Å². The number of benzene rings is 1. The van der Waals surface area contributed by atoms with Crippen molar-refractivity contribution in [3.05, 3.63) is 41.1 Å². The van der Waals surface area contributed by atoms with E-state index >= 15 is 0 Å². The number of aromatic nitrogens is 2. The van der Waals surface area contributed by atoms with Gasteiger partial charge in [0.15, 0.2) is 5.69 Å². The molecule has 5 nitrogen and oxygen atoms in total. The monoisotopic (exact) mass is 434 g/mol. The molecule has 0 radical (unpaired) electrons. The second-order valence-electron chi connectivity index (χ2n) is 5.49. The number of aliphatic hydroxyl groups excluding tert-OH is 1. The molecule has 0 saturated heterocycles. The first-order valence-corrected chi connectivity index (χ1v) is 7.58. The topological polar surface area (TPSA) is 70.1 Å². The zero-order valence-electron chi connectivity index (χ0n) is 14.0. The zero-order chi connectivity index (χ0) is 22.0. The van der Waals surface area contributed by atoms with E-state index < -0.39 is 59.4 Å². The van der Waals surface area contributed by atoms with Crippen molar-refractivity contribution >= 4 is 17.5 Å². The molecule has 0 aliphatic rings. The number of hydrogen-bond acceptors (Lipinski definition) is 5. The van der Waals surface area contributed by atoms with Crippen LogP contribution in [0.3, 0.4) is 0 Å². The molecule has 2 aromatic rings. The molecule has 29 heavy (non-hydrogen) atoms. The number of halogens is 9. The Morgan fingerprint density at radius 1 is 0.828 bits per heavy atom. The van der Waals surface area contributed by atoms with E-state index in [1.807, 2.05) is 5.32 Å². The fourth-order valence-corrected chi connectivity index (χ4v) is 2.11. The third kappa shape index (κ3) is 5.85. The van der Waals surface area contributed by atoms with Crippen molar-refractivity contribution in [2.45, 2.75) is 18.5 Å². The third-order valence-corrected chi connectivity index (χ3v) is 3.33. The molecule has 2 rings (SSSR count). The van der Waals surface area contributed by atoms with Crippen LogP contribution in [0.15, 0.2) is 24.3 Å². The molecule has 0 spiro atoms. The Morgan fingerprint density at radius 3 is 2.00 bits per heavy atom. The van der Waals surface area contributed by atoms with Crippen molar-refractivity contribution in [1.82, 2.24) is 9.97 Å². The van der Waals surface area contributed by atoms with Gasteiger partial charge in [-0.05, 0) is 18.2 Å². The van der Waals surface area contributed by atoms with Gasteiger partial charge in [-0.2, -0.15) is 44.5 Å². The van der Waals surface area contributed by atoms with E-state index in [0.29, 0.717) is 18.2 Å². The lowest BCUT2D eigenvalue weighted by Gasteiger charge is -2.18. The lowest BCUT2D eigenvalue weighted by molar-refractivity contribution is -0.143. The number of anilines is 3. The molecule has 0 unspecified atom stereocenters. The maximum absolute atomic E-state index is 13.2. The summed E-state index contributed by atoms with van der Waals surface area (Å²) in [7, 11) is 0. The Morgan fingerprint density at radius 2 is 1.48 bits per heavy atom. The van der Waals surface area contributed by atoms with Crippen molar-refractivity contribution in [1.29, 1.82) is 0 Å². The Labute approximate surface area is 156 Å². The number of alkyl halides is 9. The van der Waals surface area contributed by atoms with E-state index in [9.17, 15) is 39.5 Å². The van der Waals surface area contributed by atoms with Crippen molar-refractivity contribution in [2.24, 2.45) is 0 Å². The van der Waals surface area contributed by atoms with Crippen LogP contribution in [0.25, 0.3) is 0 Å². The van der Waals surface area contributed by atoms with Gasteiger partial charge in [-0.25, -0.2) is 4.98 Å². The second kappa shape index (κ2) is 7.93.